The van der Waals surface area contributed by atoms with Crippen molar-refractivity contribution in [3.63, 3.8) is 0 Å². The average Bonchev–Trinajstić information content (AvgIpc) is 2.81. The molecule has 0 bridgehead atoms. The van der Waals surface area contributed by atoms with Crippen LogP contribution in [0.1, 0.15) is 31.7 Å². The van der Waals surface area contributed by atoms with Gasteiger partial charge in [-0.15, -0.1) is 0 Å². The summed E-state index contributed by atoms with van der Waals surface area (Å²) in [4.78, 5) is 29.1. The topological polar surface area (TPSA) is 58.6 Å². The Morgan fingerprint density at radius 1 is 1.21 bits per heavy atom. The number of nitrogens with one attached hydrogen (secondary N) is 1. The van der Waals surface area contributed by atoms with E-state index >= 15 is 0 Å². The van der Waals surface area contributed by atoms with E-state index in [2.05, 4.69) is 28.2 Å². The first-order valence-electron chi connectivity index (χ1n) is 11.0. The summed E-state index contributed by atoms with van der Waals surface area (Å²) in [7, 11) is 1.61. The Bertz CT molecular complexity index is 1010. The number of ether oxygens (including phenoxy) is 1. The third-order valence-corrected chi connectivity index (χ3v) is 7.89. The molecule has 3 rings (SSSR count). The highest BCUT2D eigenvalue weighted by molar-refractivity contribution is 9.10. The minimum Gasteiger partial charge on any atom is -0.496 e. The molecule has 0 unspecified atom stereocenters. The molecule has 1 aliphatic rings. The molecule has 0 aromatic heterocycles. The summed E-state index contributed by atoms with van der Waals surface area (Å²) in [5.41, 5.74) is 1.65. The van der Waals surface area contributed by atoms with Crippen molar-refractivity contribution in [1.29, 1.82) is 0 Å². The number of hydrogen-bond donors (Lipinski definition) is 1. The van der Waals surface area contributed by atoms with Gasteiger partial charge in [0.05, 0.1) is 22.2 Å². The molecule has 2 aromatic carbocycles. The van der Waals surface area contributed by atoms with Gasteiger partial charge in [0.25, 0.3) is 5.91 Å². The number of anilines is 1. The number of hydrogen-bond acceptors (Lipinski definition) is 5. The molecule has 0 radical (unpaired) electrons. The van der Waals surface area contributed by atoms with Crippen LogP contribution in [0.2, 0.25) is 0 Å². The fourth-order valence-corrected chi connectivity index (χ4v) is 5.96. The van der Waals surface area contributed by atoms with Crippen molar-refractivity contribution in [3.05, 3.63) is 57.4 Å². The van der Waals surface area contributed by atoms with E-state index < -0.39 is 0 Å². The van der Waals surface area contributed by atoms with Crippen molar-refractivity contribution in [2.24, 2.45) is 0 Å². The largest absolute Gasteiger partial charge is 0.496 e. The van der Waals surface area contributed by atoms with E-state index in [-0.39, 0.29) is 18.4 Å². The lowest BCUT2D eigenvalue weighted by atomic mass is 10.2. The standard InChI is InChI=1S/C25H29BrN2O3S2/c1-3-4-13-32-14-7-12-27-24(29)17-28-20-8-5-6-9-22(20)33-23(25(28)30)16-18-10-11-21(31-2)19(26)15-18/h5-6,8-11,15-16H,3-4,7,12-14,17H2,1-2H3,(H,27,29)/b23-16+. The number of rotatable bonds is 11. The quantitative estimate of drug-likeness (QED) is 0.276. The molecular formula is C25H29BrN2O3S2. The molecule has 0 fully saturated rings. The van der Waals surface area contributed by atoms with Gasteiger partial charge < -0.3 is 10.1 Å². The van der Waals surface area contributed by atoms with Crippen molar-refractivity contribution >= 4 is 63.0 Å². The van der Waals surface area contributed by atoms with Crippen LogP contribution in [-0.2, 0) is 9.59 Å². The van der Waals surface area contributed by atoms with E-state index in [4.69, 9.17) is 4.74 Å². The second-order valence-electron chi connectivity index (χ2n) is 7.53. The van der Waals surface area contributed by atoms with Gasteiger partial charge in [0.2, 0.25) is 5.91 Å². The maximum absolute atomic E-state index is 13.3. The molecule has 33 heavy (non-hydrogen) atoms. The zero-order chi connectivity index (χ0) is 23.6. The summed E-state index contributed by atoms with van der Waals surface area (Å²) in [5.74, 6) is 2.62. The Morgan fingerprint density at radius 3 is 2.76 bits per heavy atom. The first-order valence-corrected chi connectivity index (χ1v) is 13.8. The van der Waals surface area contributed by atoms with Crippen LogP contribution in [0.25, 0.3) is 6.08 Å². The number of amides is 2. The van der Waals surface area contributed by atoms with Gasteiger partial charge in [-0.2, -0.15) is 11.8 Å². The number of benzene rings is 2. The Kier molecular flexibility index (Phi) is 10.2. The Morgan fingerprint density at radius 2 is 2.00 bits per heavy atom. The number of carbonyl (C=O) groups excluding carboxylic acids is 2. The highest BCUT2D eigenvalue weighted by atomic mass is 79.9. The van der Waals surface area contributed by atoms with Crippen LogP contribution in [0.5, 0.6) is 5.75 Å². The molecule has 0 saturated carbocycles. The molecule has 8 heteroatoms. The lowest BCUT2D eigenvalue weighted by molar-refractivity contribution is -0.122. The van der Waals surface area contributed by atoms with Gasteiger partial charge in [-0.05, 0) is 76.2 Å². The minimum atomic E-state index is -0.170. The second kappa shape index (κ2) is 13.1. The van der Waals surface area contributed by atoms with Crippen LogP contribution in [0, 0.1) is 0 Å². The minimum absolute atomic E-state index is 0.00301. The normalized spacial score (nSPS) is 14.3. The molecule has 5 nitrogen and oxygen atoms in total. The van der Waals surface area contributed by atoms with Crippen LogP contribution in [0.3, 0.4) is 0 Å². The number of nitrogens with zero attached hydrogens (tertiary/aromatic N) is 1. The summed E-state index contributed by atoms with van der Waals surface area (Å²) in [6.45, 7) is 2.82. The van der Waals surface area contributed by atoms with Crippen molar-refractivity contribution in [2.75, 3.05) is 36.6 Å². The lowest BCUT2D eigenvalue weighted by Crippen LogP contribution is -2.43. The summed E-state index contributed by atoms with van der Waals surface area (Å²) < 4.78 is 6.11. The molecule has 2 aromatic rings. The van der Waals surface area contributed by atoms with Crippen molar-refractivity contribution in [2.45, 2.75) is 31.1 Å². The maximum atomic E-state index is 13.3. The highest BCUT2D eigenvalue weighted by Crippen LogP contribution is 2.42. The number of methoxy groups -OCH3 is 1. The molecule has 0 atom stereocenters. The van der Waals surface area contributed by atoms with Crippen LogP contribution in [0.15, 0.2) is 56.7 Å². The summed E-state index contributed by atoms with van der Waals surface area (Å²) >= 11 is 6.84. The molecule has 176 valence electrons. The number of thioether (sulfide) groups is 2. The summed E-state index contributed by atoms with van der Waals surface area (Å²) in [6, 6.07) is 13.4. The average molecular weight is 550 g/mol. The summed E-state index contributed by atoms with van der Waals surface area (Å²) in [6.07, 6.45) is 5.22. The first kappa shape index (κ1) is 25.7. The Labute approximate surface area is 212 Å². The fraction of sp³-hybridized carbons (Fsp3) is 0.360. The van der Waals surface area contributed by atoms with Crippen molar-refractivity contribution < 1.29 is 14.3 Å². The molecule has 1 heterocycles. The molecule has 2 amide bonds. The second-order valence-corrected chi connectivity index (χ2v) is 10.7. The highest BCUT2D eigenvalue weighted by Gasteiger charge is 2.30. The summed E-state index contributed by atoms with van der Waals surface area (Å²) in [5, 5.41) is 2.96. The maximum Gasteiger partial charge on any atom is 0.265 e. The number of unbranched alkanes of at least 4 members (excludes halogenated alkanes) is 1. The van der Waals surface area contributed by atoms with Gasteiger partial charge in [0.15, 0.2) is 0 Å². The van der Waals surface area contributed by atoms with E-state index in [1.54, 1.807) is 12.0 Å². The number of carbonyl (C=O) groups is 2. The van der Waals surface area contributed by atoms with Crippen LogP contribution in [-0.4, -0.2) is 43.5 Å². The van der Waals surface area contributed by atoms with Gasteiger partial charge in [0, 0.05) is 11.4 Å². The number of para-hydroxylation sites is 1. The van der Waals surface area contributed by atoms with Gasteiger partial charge in [0.1, 0.15) is 12.3 Å². The molecule has 0 saturated heterocycles. The van der Waals surface area contributed by atoms with Crippen molar-refractivity contribution in [3.8, 4) is 5.75 Å². The van der Waals surface area contributed by atoms with E-state index in [1.165, 1.54) is 30.4 Å². The lowest BCUT2D eigenvalue weighted by Gasteiger charge is -2.29. The SMILES string of the molecule is CCCCSCCCNC(=O)CN1C(=O)/C(=C\c2ccc(OC)c(Br)c2)Sc2ccccc21. The van der Waals surface area contributed by atoms with Crippen LogP contribution >= 0.6 is 39.5 Å². The van der Waals surface area contributed by atoms with Crippen molar-refractivity contribution in [1.82, 2.24) is 5.32 Å². The Balaban J connectivity index is 1.68. The van der Waals surface area contributed by atoms with E-state index in [0.29, 0.717) is 11.4 Å². The number of fused-ring (bicyclic) bond motifs is 1. The monoisotopic (exact) mass is 548 g/mol. The molecule has 1 N–H and O–H groups in total. The zero-order valence-electron chi connectivity index (χ0n) is 18.9. The molecule has 0 spiro atoms. The molecule has 0 aliphatic carbocycles. The van der Waals surface area contributed by atoms with Gasteiger partial charge in [-0.3, -0.25) is 14.5 Å². The molecular weight excluding hydrogens is 520 g/mol. The number of halogens is 1. The van der Waals surface area contributed by atoms with Gasteiger partial charge in [-0.25, -0.2) is 0 Å². The third kappa shape index (κ3) is 7.29. The zero-order valence-corrected chi connectivity index (χ0v) is 22.2. The molecule has 1 aliphatic heterocycles. The first-order chi connectivity index (χ1) is 16.0. The fourth-order valence-electron chi connectivity index (χ4n) is 3.29. The van der Waals surface area contributed by atoms with Crippen LogP contribution < -0.4 is 15.0 Å². The smallest absolute Gasteiger partial charge is 0.265 e. The van der Waals surface area contributed by atoms with Gasteiger partial charge >= 0.3 is 0 Å². The Hall–Kier alpha value is -1.90. The van der Waals surface area contributed by atoms with Gasteiger partial charge in [-0.1, -0.05) is 43.3 Å². The predicted molar refractivity (Wildman–Crippen MR) is 143 cm³/mol. The van der Waals surface area contributed by atoms with Crippen LogP contribution in [0.4, 0.5) is 5.69 Å². The predicted octanol–water partition coefficient (Wildman–Crippen LogP) is 5.98. The van der Waals surface area contributed by atoms with E-state index in [1.807, 2.05) is 60.3 Å². The van der Waals surface area contributed by atoms with E-state index in [9.17, 15) is 9.59 Å². The third-order valence-electron chi connectivity index (χ3n) is 5.04. The van der Waals surface area contributed by atoms with E-state index in [0.717, 1.165) is 38.5 Å².